The molecule has 1 saturated carbocycles. The third-order valence-electron chi connectivity index (χ3n) is 11.8. The summed E-state index contributed by atoms with van der Waals surface area (Å²) in [7, 11) is 3.27. The maximum Gasteiger partial charge on any atom is 0.411 e. The monoisotopic (exact) mass is 864 g/mol. The van der Waals surface area contributed by atoms with Gasteiger partial charge in [0.15, 0.2) is 0 Å². The molecule has 4 aromatic carbocycles. The number of nitrogens with zero attached hydrogens (tertiary/aromatic N) is 2. The summed E-state index contributed by atoms with van der Waals surface area (Å²) in [6.45, 7) is 3.28. The second kappa shape index (κ2) is 20.3. The largest absolute Gasteiger partial charge is 0.506 e. The molecule has 4 atom stereocenters. The fraction of sp³-hybridized carbons (Fsp3) is 0.362. The minimum Gasteiger partial charge on any atom is -0.506 e. The highest BCUT2D eigenvalue weighted by atomic mass is 35.5. The first-order valence-corrected chi connectivity index (χ1v) is 21.3. The van der Waals surface area contributed by atoms with Gasteiger partial charge < -0.3 is 45.1 Å². The molecule has 0 radical (unpaired) electrons. The van der Waals surface area contributed by atoms with Crippen molar-refractivity contribution in [3.05, 3.63) is 117 Å². The molecule has 1 aliphatic heterocycles. The summed E-state index contributed by atoms with van der Waals surface area (Å²) >= 11 is 6.58. The highest BCUT2D eigenvalue weighted by molar-refractivity contribution is 6.33. The smallest absolute Gasteiger partial charge is 0.411 e. The summed E-state index contributed by atoms with van der Waals surface area (Å²) in [5, 5.41) is 30.9. The van der Waals surface area contributed by atoms with Crippen LogP contribution in [0.25, 0.3) is 22.0 Å². The molecule has 1 aromatic heterocycles. The SMILES string of the molecule is COc1cc(NC(=O)CCCN(C)C(=O)CCN2CC3CC(OC(=O)Nc4ccccc4-c4ccccc4)C[C@@H]3C2)c(Cl)cc1CNC[C@H](O)c1ccc(O)c2[nH]c(=O)ccc12. The molecule has 1 saturated heterocycles. The molecular formula is C47H53ClN6O8. The molecular weight excluding hydrogens is 812 g/mol. The van der Waals surface area contributed by atoms with E-state index in [2.05, 4.69) is 25.8 Å². The molecule has 2 fully saturated rings. The van der Waals surface area contributed by atoms with E-state index in [0.29, 0.717) is 83.0 Å². The number of para-hydroxylation sites is 1. The molecule has 2 heterocycles. The summed E-state index contributed by atoms with van der Waals surface area (Å²) in [6.07, 6.45) is 1.14. The van der Waals surface area contributed by atoms with E-state index >= 15 is 0 Å². The number of H-pyrrole nitrogens is 1. The lowest BCUT2D eigenvalue weighted by atomic mass is 10.0. The average molecular weight is 865 g/mol. The topological polar surface area (TPSA) is 186 Å². The number of aromatic nitrogens is 1. The molecule has 15 heteroatoms. The number of anilines is 2. The van der Waals surface area contributed by atoms with E-state index in [1.807, 2.05) is 54.6 Å². The fourth-order valence-corrected chi connectivity index (χ4v) is 8.89. The first-order chi connectivity index (χ1) is 29.9. The molecule has 14 nitrogen and oxygen atoms in total. The molecule has 5 aromatic rings. The van der Waals surface area contributed by atoms with E-state index < -0.39 is 12.2 Å². The normalized spacial score (nSPS) is 17.6. The summed E-state index contributed by atoms with van der Waals surface area (Å²) < 4.78 is 11.4. The molecule has 326 valence electrons. The number of aliphatic hydroxyl groups is 1. The predicted molar refractivity (Wildman–Crippen MR) is 239 cm³/mol. The number of carbonyl (C=O) groups is 3. The van der Waals surface area contributed by atoms with Crippen LogP contribution in [0.1, 0.15) is 49.3 Å². The number of rotatable bonds is 17. The van der Waals surface area contributed by atoms with E-state index in [0.717, 1.165) is 37.1 Å². The lowest BCUT2D eigenvalue weighted by Crippen LogP contribution is -2.33. The molecule has 6 N–H and O–H groups in total. The second-order valence-electron chi connectivity index (χ2n) is 16.1. The molecule has 62 heavy (non-hydrogen) atoms. The number of halogens is 1. The third-order valence-corrected chi connectivity index (χ3v) is 12.1. The van der Waals surface area contributed by atoms with Gasteiger partial charge in [0.2, 0.25) is 17.4 Å². The zero-order valence-corrected chi connectivity index (χ0v) is 35.6. The second-order valence-corrected chi connectivity index (χ2v) is 16.5. The minimum atomic E-state index is -0.947. The Hall–Kier alpha value is -5.93. The Morgan fingerprint density at radius 3 is 2.44 bits per heavy atom. The summed E-state index contributed by atoms with van der Waals surface area (Å²) in [4.78, 5) is 57.2. The van der Waals surface area contributed by atoms with Gasteiger partial charge in [-0.2, -0.15) is 0 Å². The van der Waals surface area contributed by atoms with Crippen LogP contribution in [0.3, 0.4) is 0 Å². The quantitative estimate of drug-likeness (QED) is 0.0574. The number of fused-ring (bicyclic) bond motifs is 2. The van der Waals surface area contributed by atoms with Crippen molar-refractivity contribution in [2.24, 2.45) is 11.8 Å². The Morgan fingerprint density at radius 1 is 0.935 bits per heavy atom. The van der Waals surface area contributed by atoms with Crippen LogP contribution in [0.5, 0.6) is 11.5 Å². The molecule has 2 aliphatic rings. The van der Waals surface area contributed by atoms with Crippen LogP contribution in [-0.4, -0.2) is 95.9 Å². The molecule has 2 unspecified atom stereocenters. The lowest BCUT2D eigenvalue weighted by molar-refractivity contribution is -0.130. The number of hydrogen-bond donors (Lipinski definition) is 6. The Morgan fingerprint density at radius 2 is 1.68 bits per heavy atom. The number of likely N-dealkylation sites (tertiary alicyclic amines) is 1. The summed E-state index contributed by atoms with van der Waals surface area (Å²) in [6, 6.07) is 26.9. The van der Waals surface area contributed by atoms with Crippen LogP contribution in [0.2, 0.25) is 5.02 Å². The van der Waals surface area contributed by atoms with Gasteiger partial charge in [-0.25, -0.2) is 4.79 Å². The van der Waals surface area contributed by atoms with Crippen molar-refractivity contribution in [2.75, 3.05) is 57.5 Å². The minimum absolute atomic E-state index is 0.0217. The summed E-state index contributed by atoms with van der Waals surface area (Å²) in [5.74, 6) is 1.02. The number of aromatic hydroxyl groups is 1. The number of methoxy groups -OCH3 is 1. The maximum absolute atomic E-state index is 13.0. The van der Waals surface area contributed by atoms with Crippen molar-refractivity contribution >= 4 is 51.8 Å². The van der Waals surface area contributed by atoms with E-state index in [-0.39, 0.29) is 47.7 Å². The highest BCUT2D eigenvalue weighted by Gasteiger charge is 2.42. The van der Waals surface area contributed by atoms with Gasteiger partial charge in [-0.3, -0.25) is 19.7 Å². The van der Waals surface area contributed by atoms with Crippen LogP contribution in [0, 0.1) is 11.8 Å². The van der Waals surface area contributed by atoms with E-state index in [4.69, 9.17) is 21.1 Å². The lowest BCUT2D eigenvalue weighted by Gasteiger charge is -2.21. The molecule has 7 rings (SSSR count). The Bertz CT molecular complexity index is 2430. The number of pyridine rings is 1. The number of nitrogens with one attached hydrogen (secondary N) is 4. The Labute approximate surface area is 365 Å². The van der Waals surface area contributed by atoms with Gasteiger partial charge in [-0.1, -0.05) is 66.2 Å². The Kier molecular flexibility index (Phi) is 14.4. The van der Waals surface area contributed by atoms with Gasteiger partial charge in [-0.05, 0) is 66.5 Å². The standard InChI is InChI=1S/C47H53ClN6O8/c1-53(45(59)18-20-54-27-31-21-33(22-32(31)28-54)62-47(60)51-38-12-7-6-11-34(38)29-9-4-3-5-10-29)19-8-13-43(57)50-39-24-42(61-2)30(23-37(39)48)25-49-26-41(56)35-14-16-40(55)46-36(35)15-17-44(58)52-46/h3-7,9-12,14-17,23-24,31-33,41,49,55-56H,8,13,18-22,25-28H2,1-2H3,(H,50,57)(H,51,60)(H,52,58)/t31-,32?,33?,41+/m1/s1. The zero-order chi connectivity index (χ0) is 43.8. The van der Waals surface area contributed by atoms with Crippen LogP contribution < -0.4 is 26.2 Å². The van der Waals surface area contributed by atoms with Crippen molar-refractivity contribution in [1.82, 2.24) is 20.1 Å². The first-order valence-electron chi connectivity index (χ1n) is 20.9. The number of amides is 3. The number of aliphatic hydroxyl groups excluding tert-OH is 1. The molecule has 3 amide bonds. The Balaban J connectivity index is 0.791. The van der Waals surface area contributed by atoms with Crippen LogP contribution in [0.15, 0.2) is 95.8 Å². The van der Waals surface area contributed by atoms with Crippen molar-refractivity contribution in [3.63, 3.8) is 0 Å². The highest BCUT2D eigenvalue weighted by Crippen LogP contribution is 2.40. The van der Waals surface area contributed by atoms with E-state index in [1.54, 1.807) is 36.2 Å². The third kappa shape index (κ3) is 10.9. The van der Waals surface area contributed by atoms with Crippen LogP contribution >= 0.6 is 11.6 Å². The van der Waals surface area contributed by atoms with Crippen LogP contribution in [-0.2, 0) is 20.9 Å². The number of hydrogen-bond acceptors (Lipinski definition) is 10. The predicted octanol–water partition coefficient (Wildman–Crippen LogP) is 6.91. The van der Waals surface area contributed by atoms with Gasteiger partial charge in [-0.15, -0.1) is 0 Å². The van der Waals surface area contributed by atoms with Gasteiger partial charge >= 0.3 is 6.09 Å². The van der Waals surface area contributed by atoms with E-state index in [9.17, 15) is 29.4 Å². The van der Waals surface area contributed by atoms with Crippen LogP contribution in [0.4, 0.5) is 16.2 Å². The maximum atomic E-state index is 13.0. The van der Waals surface area contributed by atoms with Gasteiger partial charge in [0.05, 0.1) is 35.1 Å². The fourth-order valence-electron chi connectivity index (χ4n) is 8.65. The van der Waals surface area contributed by atoms with Gasteiger partial charge in [0, 0.05) is 87.8 Å². The van der Waals surface area contributed by atoms with Gasteiger partial charge in [0.1, 0.15) is 17.6 Å². The van der Waals surface area contributed by atoms with Gasteiger partial charge in [0.25, 0.3) is 0 Å². The molecule has 0 spiro atoms. The molecule has 0 bridgehead atoms. The number of phenolic OH excluding ortho intramolecular Hbond substituents is 1. The molecule has 1 aliphatic carbocycles. The van der Waals surface area contributed by atoms with Crippen molar-refractivity contribution in [2.45, 2.75) is 50.9 Å². The number of carbonyl (C=O) groups excluding carboxylic acids is 3. The summed E-state index contributed by atoms with van der Waals surface area (Å²) in [5.41, 5.74) is 4.21. The van der Waals surface area contributed by atoms with Crippen molar-refractivity contribution < 1.29 is 34.1 Å². The van der Waals surface area contributed by atoms with E-state index in [1.165, 1.54) is 19.2 Å². The average Bonchev–Trinajstić information content (AvgIpc) is 3.82. The van der Waals surface area contributed by atoms with Crippen molar-refractivity contribution in [3.8, 4) is 22.6 Å². The number of ether oxygens (including phenoxy) is 2. The number of benzene rings is 4. The number of aromatic amines is 1. The van der Waals surface area contributed by atoms with Crippen molar-refractivity contribution in [1.29, 1.82) is 0 Å². The first kappa shape index (κ1) is 44.1. The number of phenols is 1. The zero-order valence-electron chi connectivity index (χ0n) is 34.9.